The van der Waals surface area contributed by atoms with Gasteiger partial charge >= 0.3 is 6.18 Å². The van der Waals surface area contributed by atoms with E-state index in [-0.39, 0.29) is 12.4 Å². The normalized spacial score (nSPS) is 15.0. The summed E-state index contributed by atoms with van der Waals surface area (Å²) in [5.41, 5.74) is -0.0659. The van der Waals surface area contributed by atoms with E-state index in [1.54, 1.807) is 12.1 Å². The minimum absolute atomic E-state index is 0.0956. The SMILES string of the molecule is C=CCCCOc1ccc(CNC2CC2)cc1C(F)(F)F. The molecular formula is C16H20F3NO. The highest BCUT2D eigenvalue weighted by Gasteiger charge is 2.34. The Hall–Kier alpha value is -1.49. The highest BCUT2D eigenvalue weighted by atomic mass is 19.4. The topological polar surface area (TPSA) is 21.3 Å². The first kappa shape index (κ1) is 15.9. The fraction of sp³-hybridized carbons (Fsp3) is 0.500. The summed E-state index contributed by atoms with van der Waals surface area (Å²) in [5, 5.41) is 3.21. The maximum atomic E-state index is 13.1. The van der Waals surface area contributed by atoms with Crippen molar-refractivity contribution in [2.24, 2.45) is 0 Å². The zero-order valence-electron chi connectivity index (χ0n) is 11.9. The Balaban J connectivity index is 2.04. The fourth-order valence-corrected chi connectivity index (χ4v) is 1.99. The number of nitrogens with one attached hydrogen (secondary N) is 1. The van der Waals surface area contributed by atoms with Crippen LogP contribution in [0.25, 0.3) is 0 Å². The molecule has 116 valence electrons. The van der Waals surface area contributed by atoms with E-state index in [9.17, 15) is 13.2 Å². The molecule has 1 N–H and O–H groups in total. The summed E-state index contributed by atoms with van der Waals surface area (Å²) in [6.07, 6.45) is 0.924. The standard InChI is InChI=1S/C16H20F3NO/c1-2-3-4-9-21-15-8-5-12(11-20-13-6-7-13)10-14(15)16(17,18)19/h2,5,8,10,13,20H,1,3-4,6-7,9,11H2. The lowest BCUT2D eigenvalue weighted by atomic mass is 10.1. The first-order chi connectivity index (χ1) is 10.0. The van der Waals surface area contributed by atoms with Crippen LogP contribution in [0.4, 0.5) is 13.2 Å². The summed E-state index contributed by atoms with van der Waals surface area (Å²) in [7, 11) is 0. The molecule has 0 aromatic heterocycles. The first-order valence-corrected chi connectivity index (χ1v) is 7.18. The molecule has 0 amide bonds. The molecule has 0 saturated heterocycles. The Labute approximate surface area is 123 Å². The lowest BCUT2D eigenvalue weighted by Gasteiger charge is -2.15. The first-order valence-electron chi connectivity index (χ1n) is 7.18. The largest absolute Gasteiger partial charge is 0.493 e. The fourth-order valence-electron chi connectivity index (χ4n) is 1.99. The number of allylic oxidation sites excluding steroid dienone is 1. The quantitative estimate of drug-likeness (QED) is 0.571. The molecule has 0 atom stereocenters. The van der Waals surface area contributed by atoms with Gasteiger partial charge in [0.05, 0.1) is 12.2 Å². The molecule has 0 spiro atoms. The molecule has 0 aliphatic heterocycles. The molecule has 1 aromatic rings. The third kappa shape index (κ3) is 5.08. The van der Waals surface area contributed by atoms with Crippen molar-refractivity contribution >= 4 is 0 Å². The maximum Gasteiger partial charge on any atom is 0.419 e. The van der Waals surface area contributed by atoms with Crippen molar-refractivity contribution in [3.63, 3.8) is 0 Å². The molecule has 2 rings (SSSR count). The van der Waals surface area contributed by atoms with Crippen LogP contribution in [-0.4, -0.2) is 12.6 Å². The lowest BCUT2D eigenvalue weighted by molar-refractivity contribution is -0.139. The van der Waals surface area contributed by atoms with Crippen molar-refractivity contribution in [1.82, 2.24) is 5.32 Å². The molecular weight excluding hydrogens is 279 g/mol. The van der Waals surface area contributed by atoms with Crippen LogP contribution in [0.2, 0.25) is 0 Å². The number of hydrogen-bond acceptors (Lipinski definition) is 2. The summed E-state index contributed by atoms with van der Waals surface area (Å²) in [6, 6.07) is 4.75. The summed E-state index contributed by atoms with van der Waals surface area (Å²) in [6.45, 7) is 4.29. The third-order valence-corrected chi connectivity index (χ3v) is 3.33. The highest BCUT2D eigenvalue weighted by Crippen LogP contribution is 2.37. The van der Waals surface area contributed by atoms with Crippen molar-refractivity contribution in [3.8, 4) is 5.75 Å². The van der Waals surface area contributed by atoms with Crippen LogP contribution in [0.15, 0.2) is 30.9 Å². The van der Waals surface area contributed by atoms with Gasteiger partial charge in [-0.25, -0.2) is 0 Å². The van der Waals surface area contributed by atoms with E-state index in [1.165, 1.54) is 12.1 Å². The molecule has 1 aliphatic rings. The maximum absolute atomic E-state index is 13.1. The predicted molar refractivity (Wildman–Crippen MR) is 76.2 cm³/mol. The average molecular weight is 299 g/mol. The Kier molecular flexibility index (Phi) is 5.28. The average Bonchev–Trinajstić information content (AvgIpc) is 3.25. The number of hydrogen-bond donors (Lipinski definition) is 1. The van der Waals surface area contributed by atoms with Gasteiger partial charge in [0.1, 0.15) is 5.75 Å². The number of rotatable bonds is 8. The van der Waals surface area contributed by atoms with E-state index in [4.69, 9.17) is 4.74 Å². The summed E-state index contributed by atoms with van der Waals surface area (Å²) in [4.78, 5) is 0. The van der Waals surface area contributed by atoms with Crippen molar-refractivity contribution < 1.29 is 17.9 Å². The van der Waals surface area contributed by atoms with E-state index in [1.807, 2.05) is 0 Å². The van der Waals surface area contributed by atoms with Crippen molar-refractivity contribution in [2.45, 2.75) is 44.4 Å². The zero-order chi connectivity index (χ0) is 15.3. The Morgan fingerprint density at radius 1 is 1.33 bits per heavy atom. The molecule has 2 nitrogen and oxygen atoms in total. The van der Waals surface area contributed by atoms with E-state index in [0.717, 1.165) is 19.3 Å². The lowest BCUT2D eigenvalue weighted by Crippen LogP contribution is -2.16. The van der Waals surface area contributed by atoms with Gasteiger partial charge in [-0.05, 0) is 43.4 Å². The Morgan fingerprint density at radius 2 is 2.10 bits per heavy atom. The molecule has 1 fully saturated rings. The number of alkyl halides is 3. The zero-order valence-corrected chi connectivity index (χ0v) is 11.9. The van der Waals surface area contributed by atoms with Crippen LogP contribution in [0.1, 0.15) is 36.8 Å². The van der Waals surface area contributed by atoms with Crippen LogP contribution in [0.5, 0.6) is 5.75 Å². The Bertz CT molecular complexity index is 481. The van der Waals surface area contributed by atoms with Gasteiger partial charge in [0.25, 0.3) is 0 Å². The van der Waals surface area contributed by atoms with E-state index < -0.39 is 11.7 Å². The molecule has 0 heterocycles. The van der Waals surface area contributed by atoms with Crippen molar-refractivity contribution in [3.05, 3.63) is 42.0 Å². The van der Waals surface area contributed by atoms with Crippen LogP contribution in [-0.2, 0) is 12.7 Å². The number of unbranched alkanes of at least 4 members (excludes halogenated alkanes) is 1. The van der Waals surface area contributed by atoms with E-state index >= 15 is 0 Å². The van der Waals surface area contributed by atoms with Gasteiger partial charge in [0.15, 0.2) is 0 Å². The molecule has 5 heteroatoms. The predicted octanol–water partition coefficient (Wildman–Crippen LogP) is 4.30. The number of benzene rings is 1. The van der Waals surface area contributed by atoms with Gasteiger partial charge in [-0.15, -0.1) is 6.58 Å². The Morgan fingerprint density at radius 3 is 2.71 bits per heavy atom. The van der Waals surface area contributed by atoms with Crippen LogP contribution in [0.3, 0.4) is 0 Å². The van der Waals surface area contributed by atoms with Crippen molar-refractivity contribution in [1.29, 1.82) is 0 Å². The smallest absolute Gasteiger partial charge is 0.419 e. The monoisotopic (exact) mass is 299 g/mol. The van der Waals surface area contributed by atoms with Crippen LogP contribution in [0, 0.1) is 0 Å². The van der Waals surface area contributed by atoms with Crippen LogP contribution < -0.4 is 10.1 Å². The van der Waals surface area contributed by atoms with Gasteiger partial charge in [-0.1, -0.05) is 12.1 Å². The molecule has 1 saturated carbocycles. The molecule has 1 aliphatic carbocycles. The van der Waals surface area contributed by atoms with Gasteiger partial charge in [-0.3, -0.25) is 0 Å². The second kappa shape index (κ2) is 6.98. The van der Waals surface area contributed by atoms with Gasteiger partial charge in [0.2, 0.25) is 0 Å². The molecule has 0 unspecified atom stereocenters. The van der Waals surface area contributed by atoms with Crippen LogP contribution >= 0.6 is 0 Å². The summed E-state index contributed by atoms with van der Waals surface area (Å²) in [5.74, 6) is -0.0956. The summed E-state index contributed by atoms with van der Waals surface area (Å²) < 4.78 is 44.6. The minimum atomic E-state index is -4.40. The molecule has 1 aromatic carbocycles. The second-order valence-electron chi connectivity index (χ2n) is 5.26. The second-order valence-corrected chi connectivity index (χ2v) is 5.26. The molecule has 0 radical (unpaired) electrons. The molecule has 21 heavy (non-hydrogen) atoms. The minimum Gasteiger partial charge on any atom is -0.493 e. The number of ether oxygens (including phenoxy) is 1. The van der Waals surface area contributed by atoms with Gasteiger partial charge in [0, 0.05) is 12.6 Å². The van der Waals surface area contributed by atoms with E-state index in [2.05, 4.69) is 11.9 Å². The van der Waals surface area contributed by atoms with Crippen molar-refractivity contribution in [2.75, 3.05) is 6.61 Å². The summed E-state index contributed by atoms with van der Waals surface area (Å²) >= 11 is 0. The molecule has 0 bridgehead atoms. The highest BCUT2D eigenvalue weighted by molar-refractivity contribution is 5.39. The third-order valence-electron chi connectivity index (χ3n) is 3.33. The van der Waals surface area contributed by atoms with Gasteiger partial charge < -0.3 is 10.1 Å². The van der Waals surface area contributed by atoms with E-state index in [0.29, 0.717) is 24.6 Å². The van der Waals surface area contributed by atoms with Gasteiger partial charge in [-0.2, -0.15) is 13.2 Å². The number of halogens is 3.